The lowest BCUT2D eigenvalue weighted by Gasteiger charge is -2.28. The number of rotatable bonds is 59. The van der Waals surface area contributed by atoms with E-state index in [0.717, 1.165) is 83.5 Å². The minimum absolute atomic E-state index is 0.0307. The molecule has 0 fully saturated rings. The zero-order valence-corrected chi connectivity index (χ0v) is 51.3. The summed E-state index contributed by atoms with van der Waals surface area (Å²) in [6.07, 6.45) is 74.7. The molecule has 0 aliphatic carbocycles. The molecule has 0 radical (unpaired) electrons. The molecular weight excluding hydrogens is 966 g/mol. The lowest BCUT2D eigenvalue weighted by atomic mass is 10.0. The standard InChI is InChI=1S/C66H122NO8P/c1-6-8-10-12-14-16-18-19-20-21-22-23-24-25-26-27-28-29-30-31-32-33-34-35-36-37-38-39-40-41-42-43-44-45-46-47-49-51-53-55-57-59-66(69)75-64(63-74-76(70,71)73-61-60-67(3,4)5)62-72-65(68)58-56-54-52-50-48-17-15-13-11-9-7-2/h8,10,13-16,19-20,22-23,64H,6-7,9,11-12,17-18,21,24-63H2,1-5H3/b10-8-,15-13-,16-14-,20-19-,23-22-. The molecule has 0 saturated heterocycles. The van der Waals surface area contributed by atoms with Gasteiger partial charge in [0.15, 0.2) is 6.10 Å². The van der Waals surface area contributed by atoms with Crippen LogP contribution in [0.5, 0.6) is 0 Å². The quantitative estimate of drug-likeness (QED) is 0.0195. The highest BCUT2D eigenvalue weighted by Crippen LogP contribution is 2.38. The first kappa shape index (κ1) is 73.7. The molecule has 9 nitrogen and oxygen atoms in total. The minimum atomic E-state index is -4.63. The van der Waals surface area contributed by atoms with Gasteiger partial charge < -0.3 is 27.9 Å². The van der Waals surface area contributed by atoms with Gasteiger partial charge >= 0.3 is 11.9 Å². The third kappa shape index (κ3) is 60.9. The van der Waals surface area contributed by atoms with E-state index in [1.54, 1.807) is 0 Å². The van der Waals surface area contributed by atoms with Crippen LogP contribution in [-0.2, 0) is 32.7 Å². The Morgan fingerprint density at radius 1 is 0.421 bits per heavy atom. The third-order valence-corrected chi connectivity index (χ3v) is 15.0. The molecule has 0 N–H and O–H groups in total. The number of carbonyl (C=O) groups is 2. The van der Waals surface area contributed by atoms with Gasteiger partial charge in [-0.05, 0) is 70.6 Å². The van der Waals surface area contributed by atoms with Gasteiger partial charge in [-0.15, -0.1) is 0 Å². The molecule has 0 aliphatic heterocycles. The number of carbonyl (C=O) groups excluding carboxylic acids is 2. The summed E-state index contributed by atoms with van der Waals surface area (Å²) in [5.41, 5.74) is 0. The van der Waals surface area contributed by atoms with Crippen LogP contribution in [0.4, 0.5) is 0 Å². The molecule has 0 rings (SSSR count). The molecule has 0 aromatic rings. The predicted molar refractivity (Wildman–Crippen MR) is 323 cm³/mol. The Labute approximate surface area is 470 Å². The highest BCUT2D eigenvalue weighted by atomic mass is 31.2. The molecule has 76 heavy (non-hydrogen) atoms. The van der Waals surface area contributed by atoms with Crippen molar-refractivity contribution >= 4 is 19.8 Å². The van der Waals surface area contributed by atoms with Crippen molar-refractivity contribution in [1.29, 1.82) is 0 Å². The first-order chi connectivity index (χ1) is 37.0. The van der Waals surface area contributed by atoms with Gasteiger partial charge in [0, 0.05) is 12.8 Å². The van der Waals surface area contributed by atoms with Crippen LogP contribution in [0.2, 0.25) is 0 Å². The molecule has 0 heterocycles. The number of ether oxygens (including phenoxy) is 2. The van der Waals surface area contributed by atoms with E-state index in [2.05, 4.69) is 74.6 Å². The van der Waals surface area contributed by atoms with Crippen LogP contribution in [0.1, 0.15) is 296 Å². The van der Waals surface area contributed by atoms with Crippen LogP contribution in [0.15, 0.2) is 60.8 Å². The second-order valence-electron chi connectivity index (χ2n) is 22.7. The van der Waals surface area contributed by atoms with Crippen molar-refractivity contribution in [1.82, 2.24) is 0 Å². The second-order valence-corrected chi connectivity index (χ2v) is 24.2. The average molecular weight is 1090 g/mol. The number of unbranched alkanes of at least 4 members (excludes halogenated alkanes) is 35. The Morgan fingerprint density at radius 3 is 1.13 bits per heavy atom. The fraction of sp³-hybridized carbons (Fsp3) is 0.818. The summed E-state index contributed by atoms with van der Waals surface area (Å²) in [7, 11) is 1.17. The monoisotopic (exact) mass is 1090 g/mol. The highest BCUT2D eigenvalue weighted by Gasteiger charge is 2.22. The van der Waals surface area contributed by atoms with Crippen LogP contribution in [-0.4, -0.2) is 70.0 Å². The number of allylic oxidation sites excluding steroid dienone is 10. The number of hydrogen-bond donors (Lipinski definition) is 0. The maximum atomic E-state index is 12.8. The first-order valence-corrected chi connectivity index (χ1v) is 33.5. The molecule has 0 bridgehead atoms. The number of likely N-dealkylation sites (N-methyl/N-ethyl adjacent to an activating group) is 1. The Bertz CT molecular complexity index is 1470. The number of quaternary nitrogens is 1. The van der Waals surface area contributed by atoms with Crippen molar-refractivity contribution in [3.05, 3.63) is 60.8 Å². The molecule has 0 amide bonds. The molecular formula is C66H122NO8P. The topological polar surface area (TPSA) is 111 Å². The van der Waals surface area contributed by atoms with E-state index in [1.165, 1.54) is 180 Å². The fourth-order valence-electron chi connectivity index (χ4n) is 9.10. The molecule has 10 heteroatoms. The maximum Gasteiger partial charge on any atom is 0.306 e. The van der Waals surface area contributed by atoms with Crippen LogP contribution in [0.3, 0.4) is 0 Å². The lowest BCUT2D eigenvalue weighted by Crippen LogP contribution is -2.37. The molecule has 0 saturated carbocycles. The number of phosphoric ester groups is 1. The summed E-state index contributed by atoms with van der Waals surface area (Å²) in [4.78, 5) is 37.7. The van der Waals surface area contributed by atoms with E-state index < -0.39 is 26.5 Å². The van der Waals surface area contributed by atoms with E-state index in [9.17, 15) is 19.0 Å². The van der Waals surface area contributed by atoms with Gasteiger partial charge in [-0.1, -0.05) is 274 Å². The zero-order valence-electron chi connectivity index (χ0n) is 50.5. The Hall–Kier alpha value is -2.29. The van der Waals surface area contributed by atoms with Gasteiger partial charge in [-0.3, -0.25) is 14.2 Å². The van der Waals surface area contributed by atoms with E-state index in [4.69, 9.17) is 18.5 Å². The summed E-state index contributed by atoms with van der Waals surface area (Å²) in [6, 6.07) is 0. The first-order valence-electron chi connectivity index (χ1n) is 32.0. The Balaban J connectivity index is 3.81. The molecule has 0 aromatic heterocycles. The van der Waals surface area contributed by atoms with Crippen molar-refractivity contribution in [2.75, 3.05) is 47.5 Å². The Morgan fingerprint density at radius 2 is 0.750 bits per heavy atom. The van der Waals surface area contributed by atoms with Crippen molar-refractivity contribution < 1.29 is 42.1 Å². The number of nitrogens with zero attached hydrogens (tertiary/aromatic N) is 1. The van der Waals surface area contributed by atoms with Crippen LogP contribution < -0.4 is 4.89 Å². The van der Waals surface area contributed by atoms with Crippen molar-refractivity contribution in [3.63, 3.8) is 0 Å². The number of hydrogen-bond acceptors (Lipinski definition) is 8. The van der Waals surface area contributed by atoms with Crippen molar-refractivity contribution in [3.8, 4) is 0 Å². The number of esters is 2. The summed E-state index contributed by atoms with van der Waals surface area (Å²) in [5.74, 6) is -0.834. The molecule has 0 spiro atoms. The van der Waals surface area contributed by atoms with Gasteiger partial charge in [-0.2, -0.15) is 0 Å². The fourth-order valence-corrected chi connectivity index (χ4v) is 9.83. The summed E-state index contributed by atoms with van der Waals surface area (Å²) in [5, 5.41) is 0. The maximum absolute atomic E-state index is 12.8. The van der Waals surface area contributed by atoms with Crippen molar-refractivity contribution in [2.45, 2.75) is 302 Å². The summed E-state index contributed by atoms with van der Waals surface area (Å²) < 4.78 is 34.1. The average Bonchev–Trinajstić information content (AvgIpc) is 3.38. The van der Waals surface area contributed by atoms with Gasteiger partial charge in [0.2, 0.25) is 0 Å². The summed E-state index contributed by atoms with van der Waals surface area (Å²) in [6.45, 7) is 4.10. The van der Waals surface area contributed by atoms with Gasteiger partial charge in [0.05, 0.1) is 27.7 Å². The normalized spacial score (nSPS) is 13.6. The SMILES string of the molecule is CC/C=C\C/C=C\C/C=C\C/C=C\CCCCCCCCCCCCCCCCCCCCCCCCCCCCCCC(=O)OC(COC(=O)CCCCCCC/C=C\CCCC)COP(=O)([O-])OCC[N+](C)(C)C. The lowest BCUT2D eigenvalue weighted by molar-refractivity contribution is -0.870. The Kier molecular flexibility index (Phi) is 55.7. The van der Waals surface area contributed by atoms with Crippen LogP contribution in [0, 0.1) is 0 Å². The molecule has 444 valence electrons. The van der Waals surface area contributed by atoms with Gasteiger partial charge in [-0.25, -0.2) is 0 Å². The molecule has 0 aliphatic rings. The predicted octanol–water partition coefficient (Wildman–Crippen LogP) is 19.6. The summed E-state index contributed by atoms with van der Waals surface area (Å²) >= 11 is 0. The van der Waals surface area contributed by atoms with E-state index >= 15 is 0 Å². The molecule has 2 unspecified atom stereocenters. The van der Waals surface area contributed by atoms with E-state index in [-0.39, 0.29) is 32.0 Å². The minimum Gasteiger partial charge on any atom is -0.756 e. The second kappa shape index (κ2) is 57.4. The zero-order chi connectivity index (χ0) is 55.6. The van der Waals surface area contributed by atoms with E-state index in [1.807, 2.05) is 21.1 Å². The molecule has 2 atom stereocenters. The smallest absolute Gasteiger partial charge is 0.306 e. The number of phosphoric acid groups is 1. The van der Waals surface area contributed by atoms with Crippen LogP contribution >= 0.6 is 7.82 Å². The van der Waals surface area contributed by atoms with Crippen LogP contribution in [0.25, 0.3) is 0 Å². The third-order valence-electron chi connectivity index (χ3n) is 14.0. The van der Waals surface area contributed by atoms with E-state index in [0.29, 0.717) is 17.4 Å². The van der Waals surface area contributed by atoms with Crippen molar-refractivity contribution in [2.24, 2.45) is 0 Å². The van der Waals surface area contributed by atoms with Gasteiger partial charge in [0.25, 0.3) is 7.82 Å². The van der Waals surface area contributed by atoms with Gasteiger partial charge in [0.1, 0.15) is 19.8 Å². The molecule has 0 aromatic carbocycles. The largest absolute Gasteiger partial charge is 0.756 e. The highest BCUT2D eigenvalue weighted by molar-refractivity contribution is 7.45.